The van der Waals surface area contributed by atoms with Gasteiger partial charge in [0.15, 0.2) is 10.1 Å². The third-order valence-corrected chi connectivity index (χ3v) is 5.35. The van der Waals surface area contributed by atoms with Crippen molar-refractivity contribution in [2.75, 3.05) is 12.8 Å². The fourth-order valence-corrected chi connectivity index (χ4v) is 4.01. The number of imidazole rings is 1. The minimum absolute atomic E-state index is 0.00389. The van der Waals surface area contributed by atoms with Crippen LogP contribution >= 0.6 is 23.1 Å². The van der Waals surface area contributed by atoms with Gasteiger partial charge in [-0.05, 0) is 18.6 Å². The first-order valence-electron chi connectivity index (χ1n) is 8.70. The summed E-state index contributed by atoms with van der Waals surface area (Å²) in [6, 6.07) is 0. The highest BCUT2D eigenvalue weighted by molar-refractivity contribution is 7.98. The Bertz CT molecular complexity index is 837. The van der Waals surface area contributed by atoms with Gasteiger partial charge in [0.25, 0.3) is 0 Å². The lowest BCUT2D eigenvalue weighted by molar-refractivity contribution is -0.120. The molecule has 3 heterocycles. The van der Waals surface area contributed by atoms with E-state index in [1.165, 1.54) is 0 Å². The molecule has 140 valence electrons. The van der Waals surface area contributed by atoms with Crippen LogP contribution in [0.3, 0.4) is 0 Å². The highest BCUT2D eigenvalue weighted by Crippen LogP contribution is 2.16. The van der Waals surface area contributed by atoms with Crippen LogP contribution in [0, 0.1) is 5.92 Å². The molecule has 0 aromatic carbocycles. The molecule has 0 aliphatic heterocycles. The molecule has 9 heteroatoms. The number of aryl methyl sites for hydroxylation is 1. The molecule has 26 heavy (non-hydrogen) atoms. The Kier molecular flexibility index (Phi) is 6.31. The van der Waals surface area contributed by atoms with Gasteiger partial charge in [0, 0.05) is 37.3 Å². The van der Waals surface area contributed by atoms with Gasteiger partial charge in [0.2, 0.25) is 5.91 Å². The molecular formula is C17H24N6OS2. The van der Waals surface area contributed by atoms with E-state index >= 15 is 0 Å². The topological polar surface area (TPSA) is 77.1 Å². The maximum absolute atomic E-state index is 12.1. The summed E-state index contributed by atoms with van der Waals surface area (Å²) in [5.74, 6) is 1.54. The molecule has 0 radical (unpaired) electrons. The van der Waals surface area contributed by atoms with Crippen LogP contribution in [-0.4, -0.2) is 42.9 Å². The molecule has 3 aromatic heterocycles. The van der Waals surface area contributed by atoms with E-state index in [2.05, 4.69) is 38.9 Å². The maximum Gasteiger partial charge on any atom is 0.226 e. The number of carbonyl (C=O) groups excluding carboxylic acids is 1. The summed E-state index contributed by atoms with van der Waals surface area (Å²) < 4.78 is 4.13. The monoisotopic (exact) mass is 392 g/mol. The molecule has 0 aliphatic rings. The highest BCUT2D eigenvalue weighted by atomic mass is 32.2. The van der Waals surface area contributed by atoms with Crippen LogP contribution in [0.5, 0.6) is 0 Å². The molecule has 0 atom stereocenters. The van der Waals surface area contributed by atoms with E-state index < -0.39 is 0 Å². The zero-order chi connectivity index (χ0) is 18.5. The van der Waals surface area contributed by atoms with E-state index in [9.17, 15) is 4.79 Å². The SMILES string of the molecule is CSc1nnc(CCCNC(=O)Cc2cn3ccsc3n2)n1CC(C)C. The molecule has 0 spiro atoms. The molecular weight excluding hydrogens is 368 g/mol. The second-order valence-electron chi connectivity index (χ2n) is 6.56. The number of rotatable bonds is 9. The third kappa shape index (κ3) is 4.64. The van der Waals surface area contributed by atoms with E-state index in [0.717, 1.165) is 41.0 Å². The first-order chi connectivity index (χ1) is 12.6. The molecule has 3 rings (SSSR count). The normalized spacial score (nSPS) is 11.5. The number of nitrogens with one attached hydrogen (secondary N) is 1. The molecule has 0 unspecified atom stereocenters. The Balaban J connectivity index is 1.45. The second kappa shape index (κ2) is 8.68. The number of thiazole rings is 1. The Hall–Kier alpha value is -1.87. The smallest absolute Gasteiger partial charge is 0.226 e. The van der Waals surface area contributed by atoms with Crippen LogP contribution in [0.1, 0.15) is 31.8 Å². The highest BCUT2D eigenvalue weighted by Gasteiger charge is 2.13. The third-order valence-electron chi connectivity index (χ3n) is 3.91. The number of amides is 1. The first kappa shape index (κ1) is 18.9. The fourth-order valence-electron chi connectivity index (χ4n) is 2.77. The molecule has 0 fully saturated rings. The molecule has 3 aromatic rings. The van der Waals surface area contributed by atoms with Crippen molar-refractivity contribution in [3.8, 4) is 0 Å². The lowest BCUT2D eigenvalue weighted by atomic mass is 10.2. The van der Waals surface area contributed by atoms with E-state index in [-0.39, 0.29) is 5.91 Å². The number of carbonyl (C=O) groups is 1. The summed E-state index contributed by atoms with van der Waals surface area (Å²) in [4.78, 5) is 17.4. The van der Waals surface area contributed by atoms with Gasteiger partial charge in [0.05, 0.1) is 12.1 Å². The van der Waals surface area contributed by atoms with Crippen LogP contribution in [0.25, 0.3) is 4.96 Å². The zero-order valence-corrected chi connectivity index (χ0v) is 16.9. The van der Waals surface area contributed by atoms with Crippen molar-refractivity contribution in [3.63, 3.8) is 0 Å². The Morgan fingerprint density at radius 2 is 2.23 bits per heavy atom. The van der Waals surface area contributed by atoms with Crippen LogP contribution in [-0.2, 0) is 24.2 Å². The quantitative estimate of drug-likeness (QED) is 0.447. The standard InChI is InChI=1S/C17H24N6OS2/c1-12(2)10-23-14(20-21-17(23)25-3)5-4-6-18-15(24)9-13-11-22-7-8-26-16(22)19-13/h7-8,11-12H,4-6,9-10H2,1-3H3,(H,18,24). The number of thioether (sulfide) groups is 1. The van der Waals surface area contributed by atoms with Crippen LogP contribution < -0.4 is 5.32 Å². The van der Waals surface area contributed by atoms with E-state index in [0.29, 0.717) is 18.9 Å². The summed E-state index contributed by atoms with van der Waals surface area (Å²) in [6.07, 6.45) is 7.84. The second-order valence-corrected chi connectivity index (χ2v) is 8.21. The van der Waals surface area contributed by atoms with Crippen molar-refractivity contribution in [1.82, 2.24) is 29.5 Å². The predicted molar refractivity (Wildman–Crippen MR) is 105 cm³/mol. The van der Waals surface area contributed by atoms with Crippen molar-refractivity contribution in [3.05, 3.63) is 29.3 Å². The van der Waals surface area contributed by atoms with E-state index in [1.807, 2.05) is 28.4 Å². The lowest BCUT2D eigenvalue weighted by Crippen LogP contribution is -2.26. The summed E-state index contributed by atoms with van der Waals surface area (Å²) >= 11 is 3.18. The lowest BCUT2D eigenvalue weighted by Gasteiger charge is -2.11. The summed E-state index contributed by atoms with van der Waals surface area (Å²) in [5.41, 5.74) is 0.802. The van der Waals surface area contributed by atoms with Crippen molar-refractivity contribution in [2.24, 2.45) is 5.92 Å². The number of nitrogens with zero attached hydrogens (tertiary/aromatic N) is 5. The van der Waals surface area contributed by atoms with Crippen molar-refractivity contribution in [2.45, 2.75) is 44.8 Å². The summed E-state index contributed by atoms with van der Waals surface area (Å²) in [7, 11) is 0. The van der Waals surface area contributed by atoms with Gasteiger partial charge in [-0.1, -0.05) is 25.6 Å². The average molecular weight is 393 g/mol. The van der Waals surface area contributed by atoms with Crippen molar-refractivity contribution < 1.29 is 4.79 Å². The Morgan fingerprint density at radius 3 is 2.96 bits per heavy atom. The minimum Gasteiger partial charge on any atom is -0.356 e. The fraction of sp³-hybridized carbons (Fsp3) is 0.529. The number of aromatic nitrogens is 5. The Labute approximate surface area is 161 Å². The molecule has 0 bridgehead atoms. The Morgan fingerprint density at radius 1 is 1.38 bits per heavy atom. The average Bonchev–Trinajstić information content (AvgIpc) is 3.26. The summed E-state index contributed by atoms with van der Waals surface area (Å²) in [5, 5.41) is 14.5. The number of hydrogen-bond acceptors (Lipinski definition) is 6. The maximum atomic E-state index is 12.1. The number of fused-ring (bicyclic) bond motifs is 1. The zero-order valence-electron chi connectivity index (χ0n) is 15.3. The minimum atomic E-state index is 0.00389. The van der Waals surface area contributed by atoms with Gasteiger partial charge in [-0.15, -0.1) is 21.5 Å². The molecule has 0 saturated carbocycles. The van der Waals surface area contributed by atoms with Crippen LogP contribution in [0.2, 0.25) is 0 Å². The van der Waals surface area contributed by atoms with Crippen molar-refractivity contribution in [1.29, 1.82) is 0 Å². The molecule has 7 nitrogen and oxygen atoms in total. The van der Waals surface area contributed by atoms with Crippen LogP contribution in [0.15, 0.2) is 22.9 Å². The van der Waals surface area contributed by atoms with Gasteiger partial charge in [0.1, 0.15) is 5.82 Å². The molecule has 0 saturated heterocycles. The predicted octanol–water partition coefficient (Wildman–Crippen LogP) is 2.66. The van der Waals surface area contributed by atoms with Gasteiger partial charge >= 0.3 is 0 Å². The number of hydrogen-bond donors (Lipinski definition) is 1. The van der Waals surface area contributed by atoms with E-state index in [1.54, 1.807) is 23.1 Å². The van der Waals surface area contributed by atoms with Crippen LogP contribution in [0.4, 0.5) is 0 Å². The van der Waals surface area contributed by atoms with E-state index in [4.69, 9.17) is 0 Å². The van der Waals surface area contributed by atoms with Gasteiger partial charge in [-0.3, -0.25) is 9.20 Å². The molecule has 0 aliphatic carbocycles. The first-order valence-corrected chi connectivity index (χ1v) is 10.8. The van der Waals surface area contributed by atoms with Gasteiger partial charge in [-0.2, -0.15) is 0 Å². The van der Waals surface area contributed by atoms with Crippen molar-refractivity contribution >= 4 is 34.0 Å². The molecule has 1 N–H and O–H groups in total. The molecule has 1 amide bonds. The summed E-state index contributed by atoms with van der Waals surface area (Å²) in [6.45, 7) is 5.93. The van der Waals surface area contributed by atoms with Gasteiger partial charge in [-0.25, -0.2) is 4.98 Å². The van der Waals surface area contributed by atoms with Gasteiger partial charge < -0.3 is 9.88 Å². The largest absolute Gasteiger partial charge is 0.356 e.